The summed E-state index contributed by atoms with van der Waals surface area (Å²) in [6, 6.07) is 45.3. The topological polar surface area (TPSA) is 20.3 Å². The smallest absolute Gasteiger partial charge is 0.100 e. The van der Waals surface area contributed by atoms with Gasteiger partial charge in [0.2, 0.25) is 0 Å². The van der Waals surface area contributed by atoms with Gasteiger partial charge in [-0.1, -0.05) is 121 Å². The summed E-state index contributed by atoms with van der Waals surface area (Å²) >= 11 is 0. The zero-order valence-electron chi connectivity index (χ0n) is 22.4. The lowest BCUT2D eigenvalue weighted by atomic mass is 9.96. The zero-order chi connectivity index (χ0) is 26.7. The lowest BCUT2D eigenvalue weighted by Crippen LogP contribution is -2.39. The number of rotatable bonds is 7. The minimum Gasteiger partial charge on any atom is -0.242 e. The standard InChI is InChI=1S/C34H34NOPS/c1-34(2,3)38(36)35(4)33(28-24-23-26-15-11-12-16-27(26)25-28)31-21-13-14-22-32(31)37(29-17-7-5-8-18-29)30-19-9-6-10-20-30/h5-25,33H,1-4H3/t33-,38?/m0/s1. The minimum atomic E-state index is -1.22. The van der Waals surface area contributed by atoms with Gasteiger partial charge < -0.3 is 0 Å². The lowest BCUT2D eigenvalue weighted by molar-refractivity contribution is 0.441. The van der Waals surface area contributed by atoms with Crippen LogP contribution in [-0.2, 0) is 11.0 Å². The van der Waals surface area contributed by atoms with Crippen LogP contribution in [0.3, 0.4) is 0 Å². The maximum absolute atomic E-state index is 13.9. The highest BCUT2D eigenvalue weighted by Crippen LogP contribution is 2.40. The number of fused-ring (bicyclic) bond motifs is 1. The van der Waals surface area contributed by atoms with Crippen molar-refractivity contribution in [3.8, 4) is 0 Å². The van der Waals surface area contributed by atoms with Gasteiger partial charge in [-0.05, 0) is 72.6 Å². The molecule has 0 heterocycles. The second kappa shape index (κ2) is 11.3. The van der Waals surface area contributed by atoms with Gasteiger partial charge in [0.05, 0.1) is 10.8 Å². The maximum Gasteiger partial charge on any atom is 0.100 e. The van der Waals surface area contributed by atoms with E-state index in [1.165, 1.54) is 32.2 Å². The summed E-state index contributed by atoms with van der Waals surface area (Å²) in [5.41, 5.74) is 2.34. The van der Waals surface area contributed by atoms with E-state index in [1.54, 1.807) is 0 Å². The van der Waals surface area contributed by atoms with Crippen LogP contribution in [0.4, 0.5) is 0 Å². The van der Waals surface area contributed by atoms with Crippen molar-refractivity contribution in [3.63, 3.8) is 0 Å². The predicted molar refractivity (Wildman–Crippen MR) is 167 cm³/mol. The normalized spacial score (nSPS) is 13.6. The first-order chi connectivity index (χ1) is 18.3. The predicted octanol–water partition coefficient (Wildman–Crippen LogP) is 7.08. The van der Waals surface area contributed by atoms with Gasteiger partial charge in [-0.2, -0.15) is 0 Å². The van der Waals surface area contributed by atoms with Gasteiger partial charge in [-0.25, -0.2) is 8.51 Å². The number of benzene rings is 5. The van der Waals surface area contributed by atoms with Crippen LogP contribution in [0.25, 0.3) is 10.8 Å². The largest absolute Gasteiger partial charge is 0.242 e. The summed E-state index contributed by atoms with van der Waals surface area (Å²) in [6.07, 6.45) is 0. The molecule has 5 aromatic rings. The van der Waals surface area contributed by atoms with Crippen molar-refractivity contribution in [3.05, 3.63) is 139 Å². The molecule has 0 amide bonds. The van der Waals surface area contributed by atoms with Crippen LogP contribution < -0.4 is 15.9 Å². The summed E-state index contributed by atoms with van der Waals surface area (Å²) < 4.78 is 15.6. The molecule has 0 N–H and O–H groups in total. The van der Waals surface area contributed by atoms with Crippen LogP contribution in [0.15, 0.2) is 127 Å². The van der Waals surface area contributed by atoms with Crippen molar-refractivity contribution in [2.24, 2.45) is 0 Å². The molecule has 0 aliphatic carbocycles. The monoisotopic (exact) mass is 535 g/mol. The van der Waals surface area contributed by atoms with Gasteiger partial charge in [0, 0.05) is 7.05 Å². The van der Waals surface area contributed by atoms with Gasteiger partial charge in [-0.3, -0.25) is 0 Å². The quantitative estimate of drug-likeness (QED) is 0.204. The van der Waals surface area contributed by atoms with Crippen LogP contribution in [0.5, 0.6) is 0 Å². The molecule has 4 heteroatoms. The second-order valence-electron chi connectivity index (χ2n) is 10.5. The Kier molecular flexibility index (Phi) is 7.91. The minimum absolute atomic E-state index is 0.173. The van der Waals surface area contributed by atoms with E-state index in [4.69, 9.17) is 0 Å². The summed E-state index contributed by atoms with van der Waals surface area (Å²) in [7, 11) is -0.0335. The van der Waals surface area contributed by atoms with E-state index in [0.717, 1.165) is 5.56 Å². The summed E-state index contributed by atoms with van der Waals surface area (Å²) in [5.74, 6) is 0. The maximum atomic E-state index is 13.9. The molecule has 0 bridgehead atoms. The molecule has 1 unspecified atom stereocenters. The Bertz CT molecular complexity index is 1510. The number of hydrogen-bond donors (Lipinski definition) is 0. The van der Waals surface area contributed by atoms with Crippen molar-refractivity contribution in [1.82, 2.24) is 4.31 Å². The van der Waals surface area contributed by atoms with Gasteiger partial charge in [0.1, 0.15) is 11.0 Å². The molecule has 5 aromatic carbocycles. The number of hydrogen-bond acceptors (Lipinski definition) is 1. The molecule has 2 nitrogen and oxygen atoms in total. The highest BCUT2D eigenvalue weighted by atomic mass is 32.2. The Hall–Kier alpha value is -3.10. The SMILES string of the molecule is CN([C@@H](c1ccc2ccccc2c1)c1ccccc1P(c1ccccc1)c1ccccc1)S(=O)C(C)(C)C. The fraction of sp³-hybridized carbons (Fsp3) is 0.176. The second-order valence-corrected chi connectivity index (χ2v) is 15.0. The Morgan fingerprint density at radius 3 is 1.79 bits per heavy atom. The fourth-order valence-electron chi connectivity index (χ4n) is 4.99. The average molecular weight is 536 g/mol. The van der Waals surface area contributed by atoms with Crippen LogP contribution >= 0.6 is 7.92 Å². The molecule has 0 fully saturated rings. The van der Waals surface area contributed by atoms with Gasteiger partial charge >= 0.3 is 0 Å². The lowest BCUT2D eigenvalue weighted by Gasteiger charge is -2.35. The molecule has 0 spiro atoms. The first-order valence-electron chi connectivity index (χ1n) is 13.0. The molecular weight excluding hydrogens is 501 g/mol. The Balaban J connectivity index is 1.75. The van der Waals surface area contributed by atoms with Crippen molar-refractivity contribution in [1.29, 1.82) is 0 Å². The molecule has 0 saturated carbocycles. The van der Waals surface area contributed by atoms with E-state index in [9.17, 15) is 4.21 Å². The Morgan fingerprint density at radius 2 is 1.18 bits per heavy atom. The molecule has 0 aliphatic rings. The molecule has 38 heavy (non-hydrogen) atoms. The Morgan fingerprint density at radius 1 is 0.658 bits per heavy atom. The zero-order valence-corrected chi connectivity index (χ0v) is 24.1. The first-order valence-corrected chi connectivity index (χ1v) is 15.4. The van der Waals surface area contributed by atoms with E-state index in [2.05, 4.69) is 132 Å². The molecule has 0 saturated heterocycles. The summed E-state index contributed by atoms with van der Waals surface area (Å²) in [6.45, 7) is 6.14. The molecule has 2 atom stereocenters. The van der Waals surface area contributed by atoms with Crippen molar-refractivity contribution in [2.75, 3.05) is 7.05 Å². The van der Waals surface area contributed by atoms with Crippen LogP contribution in [0, 0.1) is 0 Å². The van der Waals surface area contributed by atoms with E-state index < -0.39 is 18.9 Å². The molecule has 0 aromatic heterocycles. The van der Waals surface area contributed by atoms with Gasteiger partial charge in [0.15, 0.2) is 0 Å². The van der Waals surface area contributed by atoms with Crippen LogP contribution in [-0.4, -0.2) is 20.3 Å². The summed E-state index contributed by atoms with van der Waals surface area (Å²) in [4.78, 5) is 0. The van der Waals surface area contributed by atoms with E-state index in [0.29, 0.717) is 0 Å². The molecule has 5 rings (SSSR count). The molecule has 0 radical (unpaired) electrons. The summed E-state index contributed by atoms with van der Waals surface area (Å²) in [5, 5.41) is 6.29. The van der Waals surface area contributed by atoms with Gasteiger partial charge in [-0.15, -0.1) is 0 Å². The van der Waals surface area contributed by atoms with Crippen LogP contribution in [0.2, 0.25) is 0 Å². The van der Waals surface area contributed by atoms with Crippen molar-refractivity contribution < 1.29 is 4.21 Å². The highest BCUT2D eigenvalue weighted by Gasteiger charge is 2.33. The average Bonchev–Trinajstić information content (AvgIpc) is 2.94. The third-order valence-corrected chi connectivity index (χ3v) is 11.0. The van der Waals surface area contributed by atoms with E-state index >= 15 is 0 Å². The molecule has 192 valence electrons. The molecule has 0 aliphatic heterocycles. The third-order valence-electron chi connectivity index (χ3n) is 6.74. The first kappa shape index (κ1) is 26.5. The van der Waals surface area contributed by atoms with Gasteiger partial charge in [0.25, 0.3) is 0 Å². The highest BCUT2D eigenvalue weighted by molar-refractivity contribution is 7.84. The van der Waals surface area contributed by atoms with E-state index in [1.807, 2.05) is 27.8 Å². The van der Waals surface area contributed by atoms with Crippen molar-refractivity contribution in [2.45, 2.75) is 31.6 Å². The van der Waals surface area contributed by atoms with Crippen molar-refractivity contribution >= 4 is 45.6 Å². The fourth-order valence-corrected chi connectivity index (χ4v) is 8.77. The molecular formula is C34H34NOPS. The number of nitrogens with zero attached hydrogens (tertiary/aromatic N) is 1. The third kappa shape index (κ3) is 5.52. The van der Waals surface area contributed by atoms with Crippen LogP contribution in [0.1, 0.15) is 37.9 Å². The van der Waals surface area contributed by atoms with E-state index in [-0.39, 0.29) is 10.8 Å². The Labute approximate surface area is 230 Å².